The van der Waals surface area contributed by atoms with Crippen LogP contribution in [0.5, 0.6) is 0 Å². The molecule has 1 aromatic carbocycles. The van der Waals surface area contributed by atoms with E-state index in [-0.39, 0.29) is 11.6 Å². The minimum atomic E-state index is -0.0649. The average molecular weight is 324 g/mol. The number of benzene rings is 1. The first kappa shape index (κ1) is 16.0. The highest BCUT2D eigenvalue weighted by atomic mass is 16.2. The number of nitrogens with zero attached hydrogens (tertiary/aromatic N) is 4. The third kappa shape index (κ3) is 2.95. The smallest absolute Gasteiger partial charge is 0.329 e. The van der Waals surface area contributed by atoms with Crippen molar-refractivity contribution < 1.29 is 4.79 Å². The second-order valence-electron chi connectivity index (χ2n) is 6.04. The number of carbonyl (C=O) groups is 1. The van der Waals surface area contributed by atoms with E-state index in [1.807, 2.05) is 36.4 Å². The number of carbonyl (C=O) groups excluding carboxylic acids is 1. The van der Waals surface area contributed by atoms with Crippen molar-refractivity contribution in [2.45, 2.75) is 13.0 Å². The molecule has 24 heavy (non-hydrogen) atoms. The Balaban J connectivity index is 1.86. The number of aromatic nitrogens is 3. The molecule has 3 aromatic rings. The molecule has 6 nitrogen and oxygen atoms in total. The Morgan fingerprint density at radius 3 is 2.46 bits per heavy atom. The average Bonchev–Trinajstić information content (AvgIpc) is 2.82. The maximum atomic E-state index is 12.4. The molecular formula is C18H20N4O2. The lowest BCUT2D eigenvalue weighted by Gasteiger charge is -2.10. The van der Waals surface area contributed by atoms with Gasteiger partial charge in [0, 0.05) is 27.3 Å². The van der Waals surface area contributed by atoms with Crippen LogP contribution in [0.2, 0.25) is 0 Å². The quantitative estimate of drug-likeness (QED) is 0.729. The van der Waals surface area contributed by atoms with E-state index in [1.165, 1.54) is 0 Å². The zero-order chi connectivity index (χ0) is 17.3. The molecule has 1 amide bonds. The largest absolute Gasteiger partial charge is 0.349 e. The van der Waals surface area contributed by atoms with Crippen molar-refractivity contribution in [2.24, 2.45) is 7.05 Å². The summed E-state index contributed by atoms with van der Waals surface area (Å²) in [6.07, 6.45) is 2.03. The number of pyridine rings is 1. The normalized spacial score (nSPS) is 11.0. The lowest BCUT2D eigenvalue weighted by atomic mass is 10.2. The molecule has 0 N–H and O–H groups in total. The maximum Gasteiger partial charge on any atom is 0.329 e. The Morgan fingerprint density at radius 1 is 1.12 bits per heavy atom. The number of likely N-dealkylation sites (N-methyl/N-ethyl adjacent to an activating group) is 1. The molecule has 0 spiro atoms. The fourth-order valence-corrected chi connectivity index (χ4v) is 2.66. The van der Waals surface area contributed by atoms with Crippen LogP contribution in [0.1, 0.15) is 11.3 Å². The number of fused-ring (bicyclic) bond motifs is 1. The number of rotatable bonds is 4. The van der Waals surface area contributed by atoms with Crippen LogP contribution in [-0.2, 0) is 24.8 Å². The predicted octanol–water partition coefficient (Wildman–Crippen LogP) is 1.41. The van der Waals surface area contributed by atoms with E-state index in [2.05, 4.69) is 4.98 Å². The van der Waals surface area contributed by atoms with Crippen molar-refractivity contribution in [3.05, 3.63) is 64.3 Å². The van der Waals surface area contributed by atoms with E-state index in [0.29, 0.717) is 13.0 Å². The number of para-hydroxylation sites is 2. The van der Waals surface area contributed by atoms with E-state index in [0.717, 1.165) is 22.3 Å². The zero-order valence-electron chi connectivity index (χ0n) is 14.1. The summed E-state index contributed by atoms with van der Waals surface area (Å²) in [5.41, 5.74) is 3.37. The maximum absolute atomic E-state index is 12.4. The number of hydrogen-bond donors (Lipinski definition) is 0. The van der Waals surface area contributed by atoms with Crippen molar-refractivity contribution in [3.8, 4) is 0 Å². The van der Waals surface area contributed by atoms with Gasteiger partial charge in [-0.3, -0.25) is 18.9 Å². The van der Waals surface area contributed by atoms with Crippen LogP contribution in [0.15, 0.2) is 47.4 Å². The summed E-state index contributed by atoms with van der Waals surface area (Å²) in [5.74, 6) is 0.0369. The zero-order valence-corrected chi connectivity index (χ0v) is 14.1. The standard InChI is InChI=1S/C18H20N4O2/c1-20(2)17(23)10-13-8-9-14(19-11-13)12-22-16-7-5-4-6-15(16)21(3)18(22)24/h4-9,11H,10,12H2,1-3H3. The highest BCUT2D eigenvalue weighted by Gasteiger charge is 2.11. The predicted molar refractivity (Wildman–Crippen MR) is 92.9 cm³/mol. The van der Waals surface area contributed by atoms with Gasteiger partial charge in [-0.05, 0) is 23.8 Å². The number of imidazole rings is 1. The van der Waals surface area contributed by atoms with Crippen LogP contribution in [0.25, 0.3) is 11.0 Å². The summed E-state index contributed by atoms with van der Waals surface area (Å²) in [6.45, 7) is 0.405. The lowest BCUT2D eigenvalue weighted by Crippen LogP contribution is -2.24. The molecule has 3 rings (SSSR count). The monoisotopic (exact) mass is 324 g/mol. The number of hydrogen-bond acceptors (Lipinski definition) is 3. The van der Waals surface area contributed by atoms with Gasteiger partial charge >= 0.3 is 5.69 Å². The van der Waals surface area contributed by atoms with Crippen molar-refractivity contribution in [3.63, 3.8) is 0 Å². The van der Waals surface area contributed by atoms with Crippen molar-refractivity contribution in [1.82, 2.24) is 19.0 Å². The van der Waals surface area contributed by atoms with Gasteiger partial charge in [-0.25, -0.2) is 4.79 Å². The van der Waals surface area contributed by atoms with Gasteiger partial charge in [0.05, 0.1) is 29.7 Å². The fourth-order valence-electron chi connectivity index (χ4n) is 2.66. The molecule has 2 aromatic heterocycles. The van der Waals surface area contributed by atoms with Gasteiger partial charge in [0.2, 0.25) is 5.91 Å². The third-order valence-electron chi connectivity index (χ3n) is 4.11. The minimum absolute atomic E-state index is 0.0369. The molecular weight excluding hydrogens is 304 g/mol. The van der Waals surface area contributed by atoms with E-state index in [4.69, 9.17) is 0 Å². The molecule has 0 aliphatic heterocycles. The minimum Gasteiger partial charge on any atom is -0.349 e. The van der Waals surface area contributed by atoms with Crippen LogP contribution in [0, 0.1) is 0 Å². The molecule has 6 heteroatoms. The van der Waals surface area contributed by atoms with Gasteiger partial charge in [-0.1, -0.05) is 18.2 Å². The van der Waals surface area contributed by atoms with Gasteiger partial charge in [0.25, 0.3) is 0 Å². The Bertz CT molecular complexity index is 936. The van der Waals surface area contributed by atoms with Crippen molar-refractivity contribution in [1.29, 1.82) is 0 Å². The van der Waals surface area contributed by atoms with Crippen LogP contribution in [-0.4, -0.2) is 39.0 Å². The summed E-state index contributed by atoms with van der Waals surface area (Å²) in [4.78, 5) is 30.1. The van der Waals surface area contributed by atoms with Gasteiger partial charge in [0.1, 0.15) is 0 Å². The van der Waals surface area contributed by atoms with E-state index in [1.54, 1.807) is 41.4 Å². The summed E-state index contributed by atoms with van der Waals surface area (Å²) in [5, 5.41) is 0. The molecule has 0 bridgehead atoms. The summed E-state index contributed by atoms with van der Waals surface area (Å²) >= 11 is 0. The van der Waals surface area contributed by atoms with Gasteiger partial charge in [0.15, 0.2) is 0 Å². The van der Waals surface area contributed by atoms with E-state index >= 15 is 0 Å². The summed E-state index contributed by atoms with van der Waals surface area (Å²) in [6, 6.07) is 11.5. The topological polar surface area (TPSA) is 60.1 Å². The molecule has 0 atom stereocenters. The van der Waals surface area contributed by atoms with Gasteiger partial charge < -0.3 is 4.90 Å². The molecule has 0 aliphatic carbocycles. The van der Waals surface area contributed by atoms with E-state index < -0.39 is 0 Å². The Kier molecular flexibility index (Phi) is 4.20. The summed E-state index contributed by atoms with van der Waals surface area (Å²) < 4.78 is 3.35. The molecule has 0 unspecified atom stereocenters. The molecule has 0 fully saturated rings. The third-order valence-corrected chi connectivity index (χ3v) is 4.11. The molecule has 0 radical (unpaired) electrons. The Hall–Kier alpha value is -2.89. The highest BCUT2D eigenvalue weighted by Crippen LogP contribution is 2.13. The first-order valence-corrected chi connectivity index (χ1v) is 7.75. The van der Waals surface area contributed by atoms with Crippen LogP contribution >= 0.6 is 0 Å². The molecule has 0 saturated heterocycles. The van der Waals surface area contributed by atoms with Crippen LogP contribution < -0.4 is 5.69 Å². The van der Waals surface area contributed by atoms with Crippen molar-refractivity contribution >= 4 is 16.9 Å². The Labute approximate surface area is 140 Å². The molecule has 0 saturated carbocycles. The summed E-state index contributed by atoms with van der Waals surface area (Å²) in [7, 11) is 5.23. The highest BCUT2D eigenvalue weighted by molar-refractivity contribution is 5.78. The van der Waals surface area contributed by atoms with Crippen LogP contribution in [0.4, 0.5) is 0 Å². The SMILES string of the molecule is CN(C)C(=O)Cc1ccc(Cn2c(=O)n(C)c3ccccc32)nc1. The molecule has 124 valence electrons. The van der Waals surface area contributed by atoms with Crippen LogP contribution in [0.3, 0.4) is 0 Å². The fraction of sp³-hybridized carbons (Fsp3) is 0.278. The first-order chi connectivity index (χ1) is 11.5. The van der Waals surface area contributed by atoms with Crippen molar-refractivity contribution in [2.75, 3.05) is 14.1 Å². The Morgan fingerprint density at radius 2 is 1.83 bits per heavy atom. The lowest BCUT2D eigenvalue weighted by molar-refractivity contribution is -0.127. The second kappa shape index (κ2) is 6.31. The first-order valence-electron chi connectivity index (χ1n) is 7.75. The van der Waals surface area contributed by atoms with E-state index in [9.17, 15) is 9.59 Å². The number of amides is 1. The number of aryl methyl sites for hydroxylation is 1. The van der Waals surface area contributed by atoms with Gasteiger partial charge in [-0.15, -0.1) is 0 Å². The van der Waals surface area contributed by atoms with Gasteiger partial charge in [-0.2, -0.15) is 0 Å². The molecule has 2 heterocycles. The molecule has 0 aliphatic rings. The second-order valence-corrected chi connectivity index (χ2v) is 6.04.